The van der Waals surface area contributed by atoms with E-state index in [1.54, 1.807) is 0 Å². The number of halogens is 3. The molecule has 0 saturated carbocycles. The van der Waals surface area contributed by atoms with Crippen molar-refractivity contribution in [1.82, 2.24) is 4.98 Å². The van der Waals surface area contributed by atoms with Crippen molar-refractivity contribution < 1.29 is 37.5 Å². The number of carboxylic acids is 1. The predicted molar refractivity (Wildman–Crippen MR) is 55.5 cm³/mol. The Morgan fingerprint density at radius 1 is 1.50 bits per heavy atom. The first-order chi connectivity index (χ1) is 9.15. The smallest absolute Gasteiger partial charge is 0.487 e. The number of pyridine rings is 1. The van der Waals surface area contributed by atoms with Crippen molar-refractivity contribution in [2.24, 2.45) is 0 Å². The Morgan fingerprint density at radius 2 is 2.10 bits per heavy atom. The Morgan fingerprint density at radius 3 is 2.50 bits per heavy atom. The quantitative estimate of drug-likeness (QED) is 0.647. The minimum absolute atomic E-state index is 0.598. The van der Waals surface area contributed by atoms with E-state index in [2.05, 4.69) is 14.5 Å². The topological polar surface area (TPSA) is 112 Å². The summed E-state index contributed by atoms with van der Waals surface area (Å²) >= 11 is 0. The van der Waals surface area contributed by atoms with Gasteiger partial charge in [0.25, 0.3) is 0 Å². The molecule has 0 amide bonds. The van der Waals surface area contributed by atoms with Crippen LogP contribution in [0.3, 0.4) is 0 Å². The molecule has 1 rings (SSSR count). The third-order valence-electron chi connectivity index (χ3n) is 1.98. The second-order valence-corrected chi connectivity index (χ2v) is 3.33. The zero-order chi connectivity index (χ0) is 15.5. The van der Waals surface area contributed by atoms with Crippen LogP contribution in [0.4, 0.5) is 18.9 Å². The van der Waals surface area contributed by atoms with Gasteiger partial charge in [-0.05, 0) is 0 Å². The average molecular weight is 296 g/mol. The van der Waals surface area contributed by atoms with Crippen molar-refractivity contribution in [1.29, 1.82) is 0 Å². The van der Waals surface area contributed by atoms with Gasteiger partial charge in [-0.25, -0.2) is 4.98 Å². The van der Waals surface area contributed by atoms with Crippen LogP contribution in [0.2, 0.25) is 0 Å². The number of aromatic nitrogens is 1. The second kappa shape index (κ2) is 5.59. The van der Waals surface area contributed by atoms with Crippen molar-refractivity contribution in [3.05, 3.63) is 22.0 Å². The molecule has 8 nitrogen and oxygen atoms in total. The predicted octanol–water partition coefficient (Wildman–Crippen LogP) is 1.52. The molecular formula is C9H7F3N2O6. The number of nitro groups is 1. The number of alkyl halides is 3. The molecule has 1 heterocycles. The number of ether oxygens (including phenoxy) is 2. The first-order valence-corrected chi connectivity index (χ1v) is 4.83. The monoisotopic (exact) mass is 296 g/mol. The van der Waals surface area contributed by atoms with Crippen LogP contribution in [0.5, 0.6) is 11.5 Å². The maximum Gasteiger partial charge on any atom is 0.573 e. The normalized spacial score (nSPS) is 11.0. The van der Waals surface area contributed by atoms with E-state index in [0.29, 0.717) is 6.20 Å². The third kappa shape index (κ3) is 3.70. The van der Waals surface area contributed by atoms with Gasteiger partial charge in [-0.1, -0.05) is 0 Å². The molecule has 0 atom stereocenters. The standard InChI is InChI=1S/C9H7F3N2O6/c1-19-8-5(14(17)18)3-13-4(2-6(15)16)7(8)20-9(10,11)12/h3H,2H2,1H3,(H,15,16). The molecule has 1 N–H and O–H groups in total. The number of methoxy groups -OCH3 is 1. The van der Waals surface area contributed by atoms with Crippen LogP contribution in [0.15, 0.2) is 6.20 Å². The van der Waals surface area contributed by atoms with Gasteiger partial charge in [0.15, 0.2) is 0 Å². The molecule has 11 heteroatoms. The van der Waals surface area contributed by atoms with Gasteiger partial charge >= 0.3 is 18.0 Å². The molecule has 0 aliphatic heterocycles. The summed E-state index contributed by atoms with van der Waals surface area (Å²) in [6.07, 6.45) is -5.50. The van der Waals surface area contributed by atoms with Gasteiger partial charge in [-0.15, -0.1) is 13.2 Å². The molecule has 0 spiro atoms. The summed E-state index contributed by atoms with van der Waals surface area (Å²) in [6.45, 7) is 0. The van der Waals surface area contributed by atoms with Crippen molar-refractivity contribution in [2.45, 2.75) is 12.8 Å². The summed E-state index contributed by atoms with van der Waals surface area (Å²) in [6, 6.07) is 0. The lowest BCUT2D eigenvalue weighted by molar-refractivity contribution is -0.386. The molecule has 110 valence electrons. The molecule has 1 aromatic heterocycles. The largest absolute Gasteiger partial charge is 0.573 e. The van der Waals surface area contributed by atoms with E-state index in [4.69, 9.17) is 5.11 Å². The highest BCUT2D eigenvalue weighted by molar-refractivity contribution is 5.72. The maximum absolute atomic E-state index is 12.3. The summed E-state index contributed by atoms with van der Waals surface area (Å²) in [7, 11) is 0.885. The highest BCUT2D eigenvalue weighted by Crippen LogP contribution is 2.41. The highest BCUT2D eigenvalue weighted by Gasteiger charge is 2.37. The van der Waals surface area contributed by atoms with E-state index in [9.17, 15) is 28.1 Å². The fourth-order valence-electron chi connectivity index (χ4n) is 1.32. The second-order valence-electron chi connectivity index (χ2n) is 3.33. The number of aliphatic carboxylic acids is 1. The van der Waals surface area contributed by atoms with Gasteiger partial charge in [0.05, 0.1) is 24.1 Å². The molecule has 0 aromatic carbocycles. The molecule has 20 heavy (non-hydrogen) atoms. The van der Waals surface area contributed by atoms with E-state index in [-0.39, 0.29) is 0 Å². The molecule has 0 unspecified atom stereocenters. The first kappa shape index (κ1) is 15.5. The number of carboxylic acid groups (broad SMARTS) is 1. The van der Waals surface area contributed by atoms with E-state index in [1.807, 2.05) is 0 Å². The first-order valence-electron chi connectivity index (χ1n) is 4.83. The lowest BCUT2D eigenvalue weighted by Gasteiger charge is -2.14. The van der Waals surface area contributed by atoms with Crippen LogP contribution in [0.1, 0.15) is 5.69 Å². The molecule has 0 aliphatic carbocycles. The Hall–Kier alpha value is -2.59. The van der Waals surface area contributed by atoms with Gasteiger partial charge in [-0.3, -0.25) is 14.9 Å². The fraction of sp³-hybridized carbons (Fsp3) is 0.333. The number of carbonyl (C=O) groups is 1. The summed E-state index contributed by atoms with van der Waals surface area (Å²) in [5.74, 6) is -3.48. The van der Waals surface area contributed by atoms with Crippen LogP contribution < -0.4 is 9.47 Å². The number of rotatable bonds is 5. The zero-order valence-electron chi connectivity index (χ0n) is 9.80. The van der Waals surface area contributed by atoms with Crippen LogP contribution in [0.25, 0.3) is 0 Å². The Labute approximate surface area is 108 Å². The average Bonchev–Trinajstić information content (AvgIpc) is 2.28. The summed E-state index contributed by atoms with van der Waals surface area (Å²) in [4.78, 5) is 23.5. The van der Waals surface area contributed by atoms with Gasteiger partial charge in [0.2, 0.25) is 11.5 Å². The van der Waals surface area contributed by atoms with Gasteiger partial charge in [-0.2, -0.15) is 0 Å². The van der Waals surface area contributed by atoms with Crippen molar-refractivity contribution >= 4 is 11.7 Å². The maximum atomic E-state index is 12.3. The van der Waals surface area contributed by atoms with Gasteiger partial charge in [0.1, 0.15) is 6.20 Å². The van der Waals surface area contributed by atoms with Crippen LogP contribution >= 0.6 is 0 Å². The van der Waals surface area contributed by atoms with Crippen molar-refractivity contribution in [3.8, 4) is 11.5 Å². The molecule has 0 bridgehead atoms. The van der Waals surface area contributed by atoms with E-state index in [1.165, 1.54) is 0 Å². The molecule has 0 saturated heterocycles. The Balaban J connectivity index is 3.46. The SMILES string of the molecule is COc1c([N+](=O)[O-])cnc(CC(=O)O)c1OC(F)(F)F. The Bertz CT molecular complexity index is 545. The Kier molecular flexibility index (Phi) is 4.32. The fourth-order valence-corrected chi connectivity index (χ4v) is 1.32. The summed E-state index contributed by atoms with van der Waals surface area (Å²) < 4.78 is 45.0. The van der Waals surface area contributed by atoms with E-state index >= 15 is 0 Å². The zero-order valence-corrected chi connectivity index (χ0v) is 9.80. The highest BCUT2D eigenvalue weighted by atomic mass is 19.4. The molecule has 0 aliphatic rings. The van der Waals surface area contributed by atoms with Crippen LogP contribution in [-0.2, 0) is 11.2 Å². The molecule has 0 radical (unpaired) electrons. The van der Waals surface area contributed by atoms with Crippen molar-refractivity contribution in [3.63, 3.8) is 0 Å². The summed E-state index contributed by atoms with van der Waals surface area (Å²) in [5.41, 5.74) is -1.52. The molecule has 0 fully saturated rings. The van der Waals surface area contributed by atoms with Crippen molar-refractivity contribution in [2.75, 3.05) is 7.11 Å². The van der Waals surface area contributed by atoms with Crippen LogP contribution in [0, 0.1) is 10.1 Å². The molecule has 1 aromatic rings. The number of nitrogens with zero attached hydrogens (tertiary/aromatic N) is 2. The van der Waals surface area contributed by atoms with Crippen LogP contribution in [-0.4, -0.2) is 34.5 Å². The minimum Gasteiger partial charge on any atom is -0.487 e. The van der Waals surface area contributed by atoms with E-state index in [0.717, 1.165) is 7.11 Å². The summed E-state index contributed by atoms with van der Waals surface area (Å²) in [5, 5.41) is 19.2. The lowest BCUT2D eigenvalue weighted by atomic mass is 10.2. The molecular weight excluding hydrogens is 289 g/mol. The third-order valence-corrected chi connectivity index (χ3v) is 1.98. The van der Waals surface area contributed by atoms with E-state index < -0.39 is 46.6 Å². The van der Waals surface area contributed by atoms with Gasteiger partial charge < -0.3 is 14.6 Å². The number of hydrogen-bond donors (Lipinski definition) is 1. The van der Waals surface area contributed by atoms with Gasteiger partial charge in [0, 0.05) is 0 Å². The minimum atomic E-state index is -5.18. The lowest BCUT2D eigenvalue weighted by Crippen LogP contribution is -2.20. The number of hydrogen-bond acceptors (Lipinski definition) is 6.